The van der Waals surface area contributed by atoms with Crippen LogP contribution < -0.4 is 5.56 Å². The molecule has 0 unspecified atom stereocenters. The average Bonchev–Trinajstić information content (AvgIpc) is 3.14. The van der Waals surface area contributed by atoms with Gasteiger partial charge in [-0.2, -0.15) is 0 Å². The number of hydrogen-bond acceptors (Lipinski definition) is 4. The summed E-state index contributed by atoms with van der Waals surface area (Å²) in [4.78, 5) is 51.5. The lowest BCUT2D eigenvalue weighted by atomic mass is 10.1. The van der Waals surface area contributed by atoms with Crippen molar-refractivity contribution in [2.24, 2.45) is 0 Å². The molecule has 3 heterocycles. The van der Waals surface area contributed by atoms with Crippen LogP contribution in [-0.2, 0) is 17.8 Å². The first-order valence-corrected chi connectivity index (χ1v) is 8.57. The van der Waals surface area contributed by atoms with Crippen molar-refractivity contribution in [1.82, 2.24) is 20.0 Å². The number of nitrogens with zero attached hydrogens (tertiary/aromatic N) is 2. The van der Waals surface area contributed by atoms with E-state index < -0.39 is 0 Å². The van der Waals surface area contributed by atoms with Gasteiger partial charge >= 0.3 is 0 Å². The van der Waals surface area contributed by atoms with Crippen LogP contribution in [0.15, 0.2) is 29.1 Å². The molecule has 8 nitrogen and oxygen atoms in total. The Balaban J connectivity index is 1.34. The molecule has 2 aromatic rings. The average molecular weight is 354 g/mol. The largest absolute Gasteiger partial charge is 0.338 e. The zero-order valence-corrected chi connectivity index (χ0v) is 14.1. The quantitative estimate of drug-likeness (QED) is 0.787. The van der Waals surface area contributed by atoms with Crippen LogP contribution in [0.4, 0.5) is 0 Å². The van der Waals surface area contributed by atoms with Crippen molar-refractivity contribution in [2.75, 3.05) is 13.1 Å². The van der Waals surface area contributed by atoms with Gasteiger partial charge in [-0.15, -0.1) is 0 Å². The third-order valence-electron chi connectivity index (χ3n) is 4.95. The van der Waals surface area contributed by atoms with E-state index in [4.69, 9.17) is 0 Å². The van der Waals surface area contributed by atoms with Gasteiger partial charge in [0.1, 0.15) is 0 Å². The van der Waals surface area contributed by atoms with E-state index in [1.54, 1.807) is 29.2 Å². The Bertz CT molecular complexity index is 923. The summed E-state index contributed by atoms with van der Waals surface area (Å²) in [6, 6.07) is 6.73. The van der Waals surface area contributed by atoms with Gasteiger partial charge in [0.25, 0.3) is 17.4 Å². The highest BCUT2D eigenvalue weighted by Gasteiger charge is 2.34. The maximum absolute atomic E-state index is 12.4. The number of amides is 3. The normalized spacial score (nSPS) is 16.0. The number of aromatic amines is 2. The molecule has 0 saturated carbocycles. The number of rotatable bonds is 4. The highest BCUT2D eigenvalue weighted by atomic mass is 16.2. The minimum absolute atomic E-state index is 0.0761. The van der Waals surface area contributed by atoms with Gasteiger partial charge in [0, 0.05) is 31.6 Å². The van der Waals surface area contributed by atoms with Gasteiger partial charge < -0.3 is 10.00 Å². The van der Waals surface area contributed by atoms with Crippen molar-refractivity contribution in [3.63, 3.8) is 0 Å². The topological polar surface area (TPSA) is 106 Å². The van der Waals surface area contributed by atoms with Crippen LogP contribution in [0.25, 0.3) is 0 Å². The lowest BCUT2D eigenvalue weighted by molar-refractivity contribution is -0.132. The third-order valence-corrected chi connectivity index (χ3v) is 4.95. The van der Waals surface area contributed by atoms with E-state index in [9.17, 15) is 19.2 Å². The fourth-order valence-electron chi connectivity index (χ4n) is 3.52. The molecule has 2 aliphatic heterocycles. The summed E-state index contributed by atoms with van der Waals surface area (Å²) >= 11 is 0. The standard InChI is InChI=1S/C18H18N4O4/c23-15(21-9-7-14-13(10-21)16(24)20-19-14)6-3-8-22-17(25)11-4-1-2-5-12(11)18(22)26/h1-2,4-5H,3,6-10H2,(H2,19,20,24). The number of H-pyrrole nitrogens is 2. The Hall–Kier alpha value is -3.16. The third kappa shape index (κ3) is 2.63. The van der Waals surface area contributed by atoms with Gasteiger partial charge in [-0.3, -0.25) is 29.2 Å². The Morgan fingerprint density at radius 1 is 1.04 bits per heavy atom. The molecule has 0 bridgehead atoms. The fraction of sp³-hybridized carbons (Fsp3) is 0.333. The zero-order valence-electron chi connectivity index (χ0n) is 14.1. The van der Waals surface area contributed by atoms with Crippen molar-refractivity contribution in [1.29, 1.82) is 0 Å². The highest BCUT2D eigenvalue weighted by Crippen LogP contribution is 2.23. The van der Waals surface area contributed by atoms with E-state index in [0.29, 0.717) is 42.6 Å². The Morgan fingerprint density at radius 3 is 2.42 bits per heavy atom. The highest BCUT2D eigenvalue weighted by molar-refractivity contribution is 6.21. The zero-order chi connectivity index (χ0) is 18.3. The van der Waals surface area contributed by atoms with Gasteiger partial charge in [-0.1, -0.05) is 12.1 Å². The van der Waals surface area contributed by atoms with Crippen LogP contribution in [0.5, 0.6) is 0 Å². The molecule has 26 heavy (non-hydrogen) atoms. The van der Waals surface area contributed by atoms with Crippen LogP contribution >= 0.6 is 0 Å². The first-order chi connectivity index (χ1) is 12.6. The Kier molecular flexibility index (Phi) is 3.95. The van der Waals surface area contributed by atoms with E-state index >= 15 is 0 Å². The molecule has 1 aromatic heterocycles. The molecule has 0 atom stereocenters. The maximum Gasteiger partial charge on any atom is 0.269 e. The number of carbonyl (C=O) groups excluding carboxylic acids is 3. The number of carbonyl (C=O) groups is 3. The van der Waals surface area contributed by atoms with Crippen molar-refractivity contribution in [3.8, 4) is 0 Å². The summed E-state index contributed by atoms with van der Waals surface area (Å²) < 4.78 is 0. The minimum Gasteiger partial charge on any atom is -0.338 e. The predicted molar refractivity (Wildman–Crippen MR) is 91.6 cm³/mol. The fourth-order valence-corrected chi connectivity index (χ4v) is 3.52. The van der Waals surface area contributed by atoms with Crippen LogP contribution in [0.3, 0.4) is 0 Å². The van der Waals surface area contributed by atoms with E-state index in [1.165, 1.54) is 4.90 Å². The smallest absolute Gasteiger partial charge is 0.269 e. The maximum atomic E-state index is 12.4. The van der Waals surface area contributed by atoms with Crippen molar-refractivity contribution in [2.45, 2.75) is 25.8 Å². The van der Waals surface area contributed by atoms with Crippen LogP contribution in [0.1, 0.15) is 44.8 Å². The first-order valence-electron chi connectivity index (χ1n) is 8.57. The Labute approximate surface area is 148 Å². The second kappa shape index (κ2) is 6.29. The van der Waals surface area contributed by atoms with E-state index in [-0.39, 0.29) is 36.2 Å². The number of hydrogen-bond donors (Lipinski definition) is 2. The summed E-state index contributed by atoms with van der Waals surface area (Å²) in [6.45, 7) is 1.05. The van der Waals surface area contributed by atoms with Gasteiger partial charge in [0.05, 0.1) is 23.2 Å². The minimum atomic E-state index is -0.306. The van der Waals surface area contributed by atoms with Crippen molar-refractivity contribution >= 4 is 17.7 Å². The second-order valence-electron chi connectivity index (χ2n) is 6.51. The molecule has 3 amide bonds. The first kappa shape index (κ1) is 16.3. The molecular weight excluding hydrogens is 336 g/mol. The molecule has 2 N–H and O–H groups in total. The number of nitrogens with one attached hydrogen (secondary N) is 2. The summed E-state index contributed by atoms with van der Waals surface area (Å²) in [6.07, 6.45) is 1.24. The van der Waals surface area contributed by atoms with E-state index in [1.807, 2.05) is 0 Å². The number of aromatic nitrogens is 2. The SMILES string of the molecule is O=C(CCCN1C(=O)c2ccccc2C1=O)N1CCc2[nH][nH]c(=O)c2C1. The molecule has 0 fully saturated rings. The van der Waals surface area contributed by atoms with Gasteiger partial charge in [-0.25, -0.2) is 0 Å². The van der Waals surface area contributed by atoms with Crippen LogP contribution in [-0.4, -0.2) is 50.8 Å². The molecule has 4 rings (SSSR count). The lowest BCUT2D eigenvalue weighted by Crippen LogP contribution is -2.38. The van der Waals surface area contributed by atoms with Crippen molar-refractivity contribution in [3.05, 3.63) is 57.0 Å². The molecule has 0 aliphatic carbocycles. The number of imide groups is 1. The summed E-state index contributed by atoms with van der Waals surface area (Å²) in [5, 5.41) is 5.36. The molecule has 8 heteroatoms. The van der Waals surface area contributed by atoms with Crippen LogP contribution in [0, 0.1) is 0 Å². The monoisotopic (exact) mass is 354 g/mol. The van der Waals surface area contributed by atoms with Gasteiger partial charge in [0.15, 0.2) is 0 Å². The predicted octanol–water partition coefficient (Wildman–Crippen LogP) is 0.664. The summed E-state index contributed by atoms with van der Waals surface area (Å²) in [7, 11) is 0. The molecule has 0 saturated heterocycles. The second-order valence-corrected chi connectivity index (χ2v) is 6.51. The van der Waals surface area contributed by atoms with Crippen LogP contribution in [0.2, 0.25) is 0 Å². The Morgan fingerprint density at radius 2 is 1.73 bits per heavy atom. The molecular formula is C18H18N4O4. The number of fused-ring (bicyclic) bond motifs is 2. The molecule has 1 aromatic carbocycles. The summed E-state index contributed by atoms with van der Waals surface area (Å²) in [5.74, 6) is -0.688. The van der Waals surface area contributed by atoms with E-state index in [0.717, 1.165) is 5.69 Å². The lowest BCUT2D eigenvalue weighted by Gasteiger charge is -2.26. The summed E-state index contributed by atoms with van der Waals surface area (Å²) in [5.41, 5.74) is 2.09. The van der Waals surface area contributed by atoms with Gasteiger partial charge in [-0.05, 0) is 18.6 Å². The molecule has 0 spiro atoms. The number of benzene rings is 1. The molecule has 134 valence electrons. The van der Waals surface area contributed by atoms with Crippen molar-refractivity contribution < 1.29 is 14.4 Å². The molecule has 2 aliphatic rings. The van der Waals surface area contributed by atoms with Gasteiger partial charge in [0.2, 0.25) is 5.91 Å². The molecule has 0 radical (unpaired) electrons. The van der Waals surface area contributed by atoms with E-state index in [2.05, 4.69) is 10.2 Å².